The van der Waals surface area contributed by atoms with E-state index in [9.17, 15) is 0 Å². The van der Waals surface area contributed by atoms with Crippen molar-refractivity contribution in [2.24, 2.45) is 0 Å². The summed E-state index contributed by atoms with van der Waals surface area (Å²) in [5.74, 6) is 0. The normalized spacial score (nSPS) is 15.6. The molecule has 0 saturated heterocycles. The Bertz CT molecular complexity index is 1440. The molecular formula is C36H32Ti. The van der Waals surface area contributed by atoms with Crippen molar-refractivity contribution < 1.29 is 22.0 Å². The molecule has 0 saturated carbocycles. The van der Waals surface area contributed by atoms with Gasteiger partial charge in [0.25, 0.3) is 0 Å². The topological polar surface area (TPSA) is 0 Å². The van der Waals surface area contributed by atoms with Crippen molar-refractivity contribution in [1.29, 1.82) is 0 Å². The van der Waals surface area contributed by atoms with Crippen LogP contribution in [0, 0.1) is 0 Å². The molecule has 6 rings (SSSR count). The Morgan fingerprint density at radius 2 is 0.730 bits per heavy atom. The van der Waals surface area contributed by atoms with Crippen molar-refractivity contribution in [3.8, 4) is 0 Å². The average molecular weight is 513 g/mol. The molecule has 4 aromatic rings. The maximum absolute atomic E-state index is 2.37. The van der Waals surface area contributed by atoms with Crippen molar-refractivity contribution in [3.63, 3.8) is 0 Å². The maximum Gasteiger partial charge on any atom is -1.00 e. The monoisotopic (exact) mass is 512 g/mol. The van der Waals surface area contributed by atoms with Gasteiger partial charge in [-0.1, -0.05) is 0 Å². The number of hydrogen-bond donors (Lipinski definition) is 0. The van der Waals surface area contributed by atoms with Gasteiger partial charge in [-0.05, 0) is 0 Å². The first-order valence-corrected chi connectivity index (χ1v) is 14.6. The Morgan fingerprint density at radius 3 is 1.05 bits per heavy atom. The molecular weight excluding hydrogens is 480 g/mol. The summed E-state index contributed by atoms with van der Waals surface area (Å²) in [5.41, 5.74) is 14.2. The molecule has 0 fully saturated rings. The molecule has 0 nitrogen and oxygen atoms in total. The minimum atomic E-state index is -0.439. The second kappa shape index (κ2) is 10.5. The first kappa shape index (κ1) is 23.9. The zero-order valence-corrected chi connectivity index (χ0v) is 23.0. The summed E-state index contributed by atoms with van der Waals surface area (Å²) in [6.07, 6.45) is 2.14. The van der Waals surface area contributed by atoms with Crippen LogP contribution in [0.1, 0.15) is 51.8 Å². The van der Waals surface area contributed by atoms with Gasteiger partial charge in [-0.2, -0.15) is 0 Å². The summed E-state index contributed by atoms with van der Waals surface area (Å²) < 4.78 is 3.35. The van der Waals surface area contributed by atoms with E-state index in [2.05, 4.69) is 135 Å². The Labute approximate surface area is 232 Å². The van der Waals surface area contributed by atoms with Crippen LogP contribution >= 0.6 is 0 Å². The number of allylic oxidation sites excluding steroid dienone is 8. The van der Waals surface area contributed by atoms with Crippen molar-refractivity contribution in [2.75, 3.05) is 0 Å². The van der Waals surface area contributed by atoms with Gasteiger partial charge in [-0.25, -0.2) is 0 Å². The summed E-state index contributed by atoms with van der Waals surface area (Å²) in [6.45, 7) is 4.73. The summed E-state index contributed by atoms with van der Waals surface area (Å²) in [4.78, 5) is 0. The number of rotatable bonds is 6. The fraction of sp³-hybridized carbons (Fsp3) is 0.111. The van der Waals surface area contributed by atoms with Gasteiger partial charge < -0.3 is 2.85 Å². The van der Waals surface area contributed by atoms with Gasteiger partial charge in [0, 0.05) is 0 Å². The minimum absolute atomic E-state index is 0. The van der Waals surface area contributed by atoms with Crippen LogP contribution < -0.4 is 0 Å². The van der Waals surface area contributed by atoms with E-state index >= 15 is 0 Å². The quantitative estimate of drug-likeness (QED) is 0.226. The van der Waals surface area contributed by atoms with E-state index in [4.69, 9.17) is 0 Å². The van der Waals surface area contributed by atoms with Gasteiger partial charge in [0.2, 0.25) is 0 Å². The Balaban J connectivity index is 0.00000176. The molecule has 2 aliphatic rings. The SMILES string of the molecule is CC1=[C]([Ti+2][C]2=C(C)C(c3ccccc3)=C(c3ccccc3)C2)CC(c2ccccc2)=C1c1ccccc1.[H-].[H-]. The van der Waals surface area contributed by atoms with Crippen LogP contribution in [0.5, 0.6) is 0 Å². The van der Waals surface area contributed by atoms with Crippen LogP contribution in [0.15, 0.2) is 140 Å². The molecule has 180 valence electrons. The van der Waals surface area contributed by atoms with E-state index < -0.39 is 19.2 Å². The van der Waals surface area contributed by atoms with Crippen LogP contribution in [0.25, 0.3) is 22.3 Å². The zero-order chi connectivity index (χ0) is 25.2. The molecule has 0 aliphatic heterocycles. The molecule has 0 spiro atoms. The van der Waals surface area contributed by atoms with Gasteiger partial charge >= 0.3 is 231 Å². The van der Waals surface area contributed by atoms with Gasteiger partial charge in [0.05, 0.1) is 0 Å². The smallest absolute Gasteiger partial charge is 1.00 e. The van der Waals surface area contributed by atoms with Crippen LogP contribution in [-0.4, -0.2) is 0 Å². The van der Waals surface area contributed by atoms with Crippen LogP contribution in [-0.2, 0) is 19.2 Å². The van der Waals surface area contributed by atoms with Crippen molar-refractivity contribution in [2.45, 2.75) is 26.7 Å². The van der Waals surface area contributed by atoms with E-state index in [0.717, 1.165) is 12.8 Å². The van der Waals surface area contributed by atoms with Crippen LogP contribution in [0.2, 0.25) is 0 Å². The predicted molar refractivity (Wildman–Crippen MR) is 156 cm³/mol. The van der Waals surface area contributed by atoms with Crippen LogP contribution in [0.3, 0.4) is 0 Å². The molecule has 0 heterocycles. The van der Waals surface area contributed by atoms with Gasteiger partial charge in [-0.15, -0.1) is 0 Å². The largest absolute Gasteiger partial charge is 1.00 e. The van der Waals surface area contributed by atoms with Crippen molar-refractivity contribution in [1.82, 2.24) is 0 Å². The van der Waals surface area contributed by atoms with Crippen molar-refractivity contribution >= 4 is 22.3 Å². The summed E-state index contributed by atoms with van der Waals surface area (Å²) in [7, 11) is 0. The maximum atomic E-state index is 2.37. The third-order valence-electron chi connectivity index (χ3n) is 7.64. The second-order valence-electron chi connectivity index (χ2n) is 9.86. The second-order valence-corrected chi connectivity index (χ2v) is 12.1. The van der Waals surface area contributed by atoms with Gasteiger partial charge in [-0.3, -0.25) is 0 Å². The average Bonchev–Trinajstić information content (AvgIpc) is 3.47. The molecule has 0 radical (unpaired) electrons. The predicted octanol–water partition coefficient (Wildman–Crippen LogP) is 9.87. The van der Waals surface area contributed by atoms with Crippen molar-refractivity contribution in [3.05, 3.63) is 162 Å². The number of benzene rings is 4. The molecule has 2 aliphatic carbocycles. The summed E-state index contributed by atoms with van der Waals surface area (Å²) in [5, 5.41) is 0. The molecule has 1 heteroatoms. The molecule has 0 unspecified atom stereocenters. The molecule has 4 aromatic carbocycles. The first-order valence-electron chi connectivity index (χ1n) is 13.1. The summed E-state index contributed by atoms with van der Waals surface area (Å²) in [6, 6.07) is 44.0. The Kier molecular flexibility index (Phi) is 6.79. The molecule has 0 atom stereocenters. The third kappa shape index (κ3) is 4.68. The van der Waals surface area contributed by atoms with E-state index in [1.807, 2.05) is 0 Å². The standard InChI is InChI=1S/2C18H15.Ti.2H/c2*1-14-12-13-17(15-8-4-2-5-9-15)18(14)16-10-6-3-7-11-16;;;/h2*2-11H,13H2,1H3;;;/q;;+2;2*-1. The van der Waals surface area contributed by atoms with Gasteiger partial charge in [0.15, 0.2) is 0 Å². The fourth-order valence-electron chi connectivity index (χ4n) is 5.77. The first-order chi connectivity index (χ1) is 18.2. The van der Waals surface area contributed by atoms with Gasteiger partial charge in [0.1, 0.15) is 0 Å². The van der Waals surface area contributed by atoms with Crippen LogP contribution in [0.4, 0.5) is 0 Å². The number of hydrogen-bond acceptors (Lipinski definition) is 0. The van der Waals surface area contributed by atoms with E-state index in [1.165, 1.54) is 55.7 Å². The summed E-state index contributed by atoms with van der Waals surface area (Å²) >= 11 is -0.439. The van der Waals surface area contributed by atoms with E-state index in [0.29, 0.717) is 0 Å². The van der Waals surface area contributed by atoms with E-state index in [1.54, 1.807) is 7.76 Å². The Morgan fingerprint density at radius 1 is 0.432 bits per heavy atom. The zero-order valence-electron chi connectivity index (χ0n) is 23.5. The molecule has 0 amide bonds. The molecule has 0 aromatic heterocycles. The Hall–Kier alpha value is -3.45. The molecule has 37 heavy (non-hydrogen) atoms. The van der Waals surface area contributed by atoms with E-state index in [-0.39, 0.29) is 2.85 Å². The minimum Gasteiger partial charge on any atom is -1.00 e. The fourth-order valence-corrected chi connectivity index (χ4v) is 8.14. The molecule has 0 N–H and O–H groups in total. The molecule has 0 bridgehead atoms. The third-order valence-corrected chi connectivity index (χ3v) is 10.3.